The molecule has 5 heteroatoms. The lowest BCUT2D eigenvalue weighted by molar-refractivity contribution is -0.121. The Balaban J connectivity index is 2.36. The first-order valence-corrected chi connectivity index (χ1v) is 5.96. The van der Waals surface area contributed by atoms with Gasteiger partial charge in [-0.3, -0.25) is 4.79 Å². The Morgan fingerprint density at radius 3 is 2.83 bits per heavy atom. The van der Waals surface area contributed by atoms with E-state index in [-0.39, 0.29) is 30.4 Å². The van der Waals surface area contributed by atoms with Gasteiger partial charge in [0.05, 0.1) is 0 Å². The van der Waals surface area contributed by atoms with Crippen LogP contribution in [0.1, 0.15) is 25.3 Å². The fourth-order valence-electron chi connectivity index (χ4n) is 1.52. The summed E-state index contributed by atoms with van der Waals surface area (Å²) in [6.07, 6.45) is 1.02. The summed E-state index contributed by atoms with van der Waals surface area (Å²) in [4.78, 5) is 11.4. The molecule has 100 valence electrons. The van der Waals surface area contributed by atoms with E-state index in [4.69, 9.17) is 5.73 Å². The number of hydrogen-bond acceptors (Lipinski definition) is 2. The van der Waals surface area contributed by atoms with Crippen LogP contribution in [0.25, 0.3) is 0 Å². The molecule has 1 atom stereocenters. The zero-order valence-corrected chi connectivity index (χ0v) is 10.4. The number of rotatable bonds is 6. The number of hydrogen-bond donors (Lipinski definition) is 2. The van der Waals surface area contributed by atoms with E-state index in [1.54, 1.807) is 0 Å². The van der Waals surface area contributed by atoms with E-state index in [0.29, 0.717) is 13.0 Å². The van der Waals surface area contributed by atoms with Gasteiger partial charge in [0.1, 0.15) is 0 Å². The Labute approximate surface area is 105 Å². The smallest absolute Gasteiger partial charge is 0.220 e. The SMILES string of the molecule is CC(N)CCNC(=O)CCc1cccc(F)c1F. The second kappa shape index (κ2) is 7.06. The van der Waals surface area contributed by atoms with Gasteiger partial charge in [-0.1, -0.05) is 12.1 Å². The number of halogens is 2. The van der Waals surface area contributed by atoms with Crippen LogP contribution in [0, 0.1) is 11.6 Å². The van der Waals surface area contributed by atoms with Crippen molar-refractivity contribution in [3.8, 4) is 0 Å². The van der Waals surface area contributed by atoms with E-state index in [9.17, 15) is 13.6 Å². The molecule has 0 saturated heterocycles. The zero-order chi connectivity index (χ0) is 13.5. The highest BCUT2D eigenvalue weighted by Crippen LogP contribution is 2.12. The minimum absolute atomic E-state index is 0.0333. The van der Waals surface area contributed by atoms with Crippen molar-refractivity contribution in [2.75, 3.05) is 6.54 Å². The Morgan fingerprint density at radius 1 is 1.44 bits per heavy atom. The van der Waals surface area contributed by atoms with E-state index >= 15 is 0 Å². The van der Waals surface area contributed by atoms with Crippen molar-refractivity contribution in [1.29, 1.82) is 0 Å². The van der Waals surface area contributed by atoms with Crippen molar-refractivity contribution >= 4 is 5.91 Å². The molecule has 0 spiro atoms. The lowest BCUT2D eigenvalue weighted by atomic mass is 10.1. The molecular formula is C13H18F2N2O. The van der Waals surface area contributed by atoms with Gasteiger partial charge in [-0.15, -0.1) is 0 Å². The fraction of sp³-hybridized carbons (Fsp3) is 0.462. The Hall–Kier alpha value is -1.49. The third kappa shape index (κ3) is 4.79. The number of benzene rings is 1. The van der Waals surface area contributed by atoms with Gasteiger partial charge in [0, 0.05) is 19.0 Å². The molecule has 1 rings (SSSR count). The van der Waals surface area contributed by atoms with Crippen LogP contribution < -0.4 is 11.1 Å². The maximum atomic E-state index is 13.3. The quantitative estimate of drug-likeness (QED) is 0.814. The minimum atomic E-state index is -0.884. The summed E-state index contributed by atoms with van der Waals surface area (Å²) in [6.45, 7) is 2.36. The first-order valence-electron chi connectivity index (χ1n) is 5.96. The van der Waals surface area contributed by atoms with Crippen LogP contribution in [-0.2, 0) is 11.2 Å². The van der Waals surface area contributed by atoms with Crippen molar-refractivity contribution < 1.29 is 13.6 Å². The van der Waals surface area contributed by atoms with Gasteiger partial charge in [0.15, 0.2) is 11.6 Å². The predicted molar refractivity (Wildman–Crippen MR) is 66.0 cm³/mol. The lowest BCUT2D eigenvalue weighted by Gasteiger charge is -2.07. The molecule has 1 aromatic rings. The highest BCUT2D eigenvalue weighted by molar-refractivity contribution is 5.76. The molecular weight excluding hydrogens is 238 g/mol. The van der Waals surface area contributed by atoms with E-state index in [0.717, 1.165) is 6.07 Å². The van der Waals surface area contributed by atoms with Crippen LogP contribution in [0.5, 0.6) is 0 Å². The Kier molecular flexibility index (Phi) is 5.71. The highest BCUT2D eigenvalue weighted by Gasteiger charge is 2.09. The summed E-state index contributed by atoms with van der Waals surface area (Å²) in [5.74, 6) is -1.94. The number of carbonyl (C=O) groups is 1. The maximum absolute atomic E-state index is 13.3. The maximum Gasteiger partial charge on any atom is 0.220 e. The second-order valence-electron chi connectivity index (χ2n) is 4.33. The molecule has 0 aliphatic heterocycles. The third-order valence-electron chi connectivity index (χ3n) is 2.57. The molecule has 0 aromatic heterocycles. The van der Waals surface area contributed by atoms with Gasteiger partial charge in [0.25, 0.3) is 0 Å². The summed E-state index contributed by atoms with van der Waals surface area (Å²) in [5, 5.41) is 2.68. The summed E-state index contributed by atoms with van der Waals surface area (Å²) >= 11 is 0. The summed E-state index contributed by atoms with van der Waals surface area (Å²) in [6, 6.07) is 4.00. The third-order valence-corrected chi connectivity index (χ3v) is 2.57. The Morgan fingerprint density at radius 2 is 2.17 bits per heavy atom. The number of nitrogens with two attached hydrogens (primary N) is 1. The summed E-state index contributed by atoms with van der Waals surface area (Å²) in [7, 11) is 0. The van der Waals surface area contributed by atoms with Crippen molar-refractivity contribution in [2.45, 2.75) is 32.2 Å². The zero-order valence-electron chi connectivity index (χ0n) is 10.4. The van der Waals surface area contributed by atoms with Gasteiger partial charge >= 0.3 is 0 Å². The topological polar surface area (TPSA) is 55.1 Å². The molecule has 3 N–H and O–H groups in total. The molecule has 0 bridgehead atoms. The van der Waals surface area contributed by atoms with Crippen LogP contribution in [0.2, 0.25) is 0 Å². The largest absolute Gasteiger partial charge is 0.356 e. The molecule has 0 aliphatic rings. The Bertz CT molecular complexity index is 408. The molecule has 3 nitrogen and oxygen atoms in total. The molecule has 0 saturated carbocycles. The molecule has 0 heterocycles. The first kappa shape index (κ1) is 14.6. The van der Waals surface area contributed by atoms with Gasteiger partial charge in [-0.25, -0.2) is 8.78 Å². The number of carbonyl (C=O) groups excluding carboxylic acids is 1. The van der Waals surface area contributed by atoms with Crippen molar-refractivity contribution in [2.24, 2.45) is 5.73 Å². The number of nitrogens with one attached hydrogen (secondary N) is 1. The predicted octanol–water partition coefficient (Wildman–Crippen LogP) is 1.75. The van der Waals surface area contributed by atoms with Crippen molar-refractivity contribution in [3.63, 3.8) is 0 Å². The van der Waals surface area contributed by atoms with Crippen molar-refractivity contribution in [1.82, 2.24) is 5.32 Å². The minimum Gasteiger partial charge on any atom is -0.356 e. The van der Waals surface area contributed by atoms with Gasteiger partial charge in [-0.05, 0) is 31.4 Å². The normalized spacial score (nSPS) is 12.2. The summed E-state index contributed by atoms with van der Waals surface area (Å²) < 4.78 is 26.2. The van der Waals surface area contributed by atoms with E-state index in [1.807, 2.05) is 6.92 Å². The van der Waals surface area contributed by atoms with Gasteiger partial charge in [0.2, 0.25) is 5.91 Å². The monoisotopic (exact) mass is 256 g/mol. The molecule has 1 unspecified atom stereocenters. The number of aryl methyl sites for hydroxylation is 1. The molecule has 0 fully saturated rings. The average Bonchev–Trinajstić information content (AvgIpc) is 2.30. The van der Waals surface area contributed by atoms with Crippen LogP contribution in [-0.4, -0.2) is 18.5 Å². The van der Waals surface area contributed by atoms with Crippen LogP contribution >= 0.6 is 0 Å². The first-order chi connectivity index (χ1) is 8.50. The van der Waals surface area contributed by atoms with Crippen molar-refractivity contribution in [3.05, 3.63) is 35.4 Å². The average molecular weight is 256 g/mol. The van der Waals surface area contributed by atoms with Gasteiger partial charge < -0.3 is 11.1 Å². The van der Waals surface area contributed by atoms with Crippen LogP contribution in [0.4, 0.5) is 8.78 Å². The molecule has 0 radical (unpaired) electrons. The summed E-state index contributed by atoms with van der Waals surface area (Å²) in [5.41, 5.74) is 5.76. The van der Waals surface area contributed by atoms with E-state index in [1.165, 1.54) is 12.1 Å². The molecule has 18 heavy (non-hydrogen) atoms. The fourth-order valence-corrected chi connectivity index (χ4v) is 1.52. The van der Waals surface area contributed by atoms with Crippen LogP contribution in [0.15, 0.2) is 18.2 Å². The van der Waals surface area contributed by atoms with E-state index in [2.05, 4.69) is 5.32 Å². The standard InChI is InChI=1S/C13H18F2N2O/c1-9(16)7-8-17-12(18)6-5-10-3-2-4-11(14)13(10)15/h2-4,9H,5-8,16H2,1H3,(H,17,18). The highest BCUT2D eigenvalue weighted by atomic mass is 19.2. The molecule has 1 amide bonds. The lowest BCUT2D eigenvalue weighted by Crippen LogP contribution is -2.29. The molecule has 0 aliphatic carbocycles. The van der Waals surface area contributed by atoms with E-state index < -0.39 is 11.6 Å². The van der Waals surface area contributed by atoms with Crippen LogP contribution in [0.3, 0.4) is 0 Å². The second-order valence-corrected chi connectivity index (χ2v) is 4.33. The van der Waals surface area contributed by atoms with Gasteiger partial charge in [-0.2, -0.15) is 0 Å². The number of amides is 1. The molecule has 1 aromatic carbocycles.